The maximum atomic E-state index is 12.5. The van der Waals surface area contributed by atoms with Crippen molar-refractivity contribution in [3.8, 4) is 0 Å². The molecule has 26 heavy (non-hydrogen) atoms. The van der Waals surface area contributed by atoms with Crippen LogP contribution in [0, 0.1) is 13.8 Å². The fraction of sp³-hybridized carbons (Fsp3) is 0.333. The summed E-state index contributed by atoms with van der Waals surface area (Å²) >= 11 is 0. The minimum Gasteiger partial charge on any atom is -0.368 e. The van der Waals surface area contributed by atoms with E-state index in [0.29, 0.717) is 24.3 Å². The van der Waals surface area contributed by atoms with Gasteiger partial charge in [-0.15, -0.1) is 0 Å². The Morgan fingerprint density at radius 3 is 2.12 bits per heavy atom. The van der Waals surface area contributed by atoms with E-state index in [4.69, 9.17) is 0 Å². The van der Waals surface area contributed by atoms with Gasteiger partial charge in [0.15, 0.2) is 5.78 Å². The molecule has 1 fully saturated rings. The highest BCUT2D eigenvalue weighted by atomic mass is 16.2. The van der Waals surface area contributed by atoms with Crippen LogP contribution < -0.4 is 10.2 Å². The molecule has 0 atom stereocenters. The first kappa shape index (κ1) is 18.0. The third-order valence-electron chi connectivity index (χ3n) is 4.97. The molecular weight excluding hydrogens is 326 g/mol. The number of rotatable bonds is 3. The average molecular weight is 351 g/mol. The van der Waals surface area contributed by atoms with Gasteiger partial charge in [0, 0.05) is 43.1 Å². The van der Waals surface area contributed by atoms with Crippen LogP contribution in [0.3, 0.4) is 0 Å². The standard InChI is InChI=1S/C21H25N3O2/c1-15-4-9-20(14-16(15)2)23-10-12-24(13-11-23)21(26)22-19-7-5-18(6-8-19)17(3)25/h4-9,14H,10-13H2,1-3H3,(H,22,26). The molecule has 1 heterocycles. The van der Waals surface area contributed by atoms with Gasteiger partial charge in [0.05, 0.1) is 0 Å². The van der Waals surface area contributed by atoms with Gasteiger partial charge < -0.3 is 15.1 Å². The van der Waals surface area contributed by atoms with E-state index in [1.54, 1.807) is 24.3 Å². The van der Waals surface area contributed by atoms with Crippen LogP contribution in [0.25, 0.3) is 0 Å². The zero-order valence-electron chi connectivity index (χ0n) is 15.6. The van der Waals surface area contributed by atoms with Crippen molar-refractivity contribution in [2.75, 3.05) is 36.4 Å². The summed E-state index contributed by atoms with van der Waals surface area (Å²) < 4.78 is 0. The predicted molar refractivity (Wildman–Crippen MR) is 105 cm³/mol. The molecule has 0 spiro atoms. The summed E-state index contributed by atoms with van der Waals surface area (Å²) in [6.45, 7) is 8.78. The highest BCUT2D eigenvalue weighted by Gasteiger charge is 2.21. The smallest absolute Gasteiger partial charge is 0.321 e. The lowest BCUT2D eigenvalue weighted by Gasteiger charge is -2.36. The summed E-state index contributed by atoms with van der Waals surface area (Å²) in [6.07, 6.45) is 0. The normalized spacial score (nSPS) is 14.3. The number of anilines is 2. The van der Waals surface area contributed by atoms with Gasteiger partial charge in [-0.25, -0.2) is 4.79 Å². The molecule has 2 aromatic rings. The Balaban J connectivity index is 1.56. The first-order valence-corrected chi connectivity index (χ1v) is 8.93. The van der Waals surface area contributed by atoms with Crippen LogP contribution in [-0.2, 0) is 0 Å². The summed E-state index contributed by atoms with van der Waals surface area (Å²) in [5.74, 6) is 0.0188. The van der Waals surface area contributed by atoms with Gasteiger partial charge in [0.25, 0.3) is 0 Å². The Hall–Kier alpha value is -2.82. The highest BCUT2D eigenvalue weighted by Crippen LogP contribution is 2.20. The van der Waals surface area contributed by atoms with E-state index in [1.165, 1.54) is 23.7 Å². The molecule has 2 amide bonds. The molecule has 0 aliphatic carbocycles. The Labute approximate surface area is 154 Å². The minimum atomic E-state index is -0.0969. The maximum absolute atomic E-state index is 12.5. The SMILES string of the molecule is CC(=O)c1ccc(NC(=O)N2CCN(c3ccc(C)c(C)c3)CC2)cc1. The zero-order chi connectivity index (χ0) is 18.7. The van der Waals surface area contributed by atoms with Gasteiger partial charge >= 0.3 is 6.03 Å². The Bertz CT molecular complexity index is 807. The first-order valence-electron chi connectivity index (χ1n) is 8.93. The van der Waals surface area contributed by atoms with Gasteiger partial charge in [-0.1, -0.05) is 6.07 Å². The molecule has 0 saturated carbocycles. The second kappa shape index (κ2) is 7.60. The van der Waals surface area contributed by atoms with Crippen LogP contribution in [0.1, 0.15) is 28.4 Å². The number of carbonyl (C=O) groups is 2. The predicted octanol–water partition coefficient (Wildman–Crippen LogP) is 3.86. The number of piperazine rings is 1. The monoisotopic (exact) mass is 351 g/mol. The second-order valence-corrected chi connectivity index (χ2v) is 6.81. The Morgan fingerprint density at radius 1 is 0.885 bits per heavy atom. The molecule has 1 N–H and O–H groups in total. The third-order valence-corrected chi connectivity index (χ3v) is 4.97. The summed E-state index contributed by atoms with van der Waals surface area (Å²) in [5, 5.41) is 2.91. The number of benzene rings is 2. The van der Waals surface area contributed by atoms with Crippen LogP contribution in [0.5, 0.6) is 0 Å². The fourth-order valence-corrected chi connectivity index (χ4v) is 3.08. The number of hydrogen-bond donors (Lipinski definition) is 1. The van der Waals surface area contributed by atoms with E-state index in [0.717, 1.165) is 13.1 Å². The second-order valence-electron chi connectivity index (χ2n) is 6.81. The Morgan fingerprint density at radius 2 is 1.54 bits per heavy atom. The lowest BCUT2D eigenvalue weighted by atomic mass is 10.1. The zero-order valence-corrected chi connectivity index (χ0v) is 15.6. The number of Topliss-reactive ketones (excluding diaryl/α,β-unsaturated/α-hetero) is 1. The van der Waals surface area contributed by atoms with Gasteiger partial charge in [-0.3, -0.25) is 4.79 Å². The molecular formula is C21H25N3O2. The number of hydrogen-bond acceptors (Lipinski definition) is 3. The summed E-state index contributed by atoms with van der Waals surface area (Å²) in [4.78, 5) is 27.9. The van der Waals surface area contributed by atoms with Gasteiger partial charge in [-0.2, -0.15) is 0 Å². The molecule has 0 unspecified atom stereocenters. The van der Waals surface area contributed by atoms with Crippen molar-refractivity contribution in [2.45, 2.75) is 20.8 Å². The van der Waals surface area contributed by atoms with Crippen molar-refractivity contribution in [1.82, 2.24) is 4.90 Å². The highest BCUT2D eigenvalue weighted by molar-refractivity contribution is 5.95. The van der Waals surface area contributed by atoms with Gasteiger partial charge in [0.1, 0.15) is 0 Å². The van der Waals surface area contributed by atoms with Crippen molar-refractivity contribution in [3.63, 3.8) is 0 Å². The number of carbonyl (C=O) groups excluding carboxylic acids is 2. The van der Waals surface area contributed by atoms with Gasteiger partial charge in [-0.05, 0) is 68.3 Å². The Kier molecular flexibility index (Phi) is 5.26. The van der Waals surface area contributed by atoms with Crippen molar-refractivity contribution < 1.29 is 9.59 Å². The summed E-state index contributed by atoms with van der Waals surface area (Å²) in [5.41, 5.74) is 5.15. The molecule has 3 rings (SSSR count). The topological polar surface area (TPSA) is 52.7 Å². The molecule has 5 heteroatoms. The quantitative estimate of drug-likeness (QED) is 0.855. The first-order chi connectivity index (χ1) is 12.4. The molecule has 0 radical (unpaired) electrons. The van der Waals surface area contributed by atoms with Crippen molar-refractivity contribution in [2.24, 2.45) is 0 Å². The molecule has 0 bridgehead atoms. The van der Waals surface area contributed by atoms with Crippen molar-refractivity contribution >= 4 is 23.2 Å². The largest absolute Gasteiger partial charge is 0.368 e. The van der Waals surface area contributed by atoms with E-state index < -0.39 is 0 Å². The number of nitrogens with one attached hydrogen (secondary N) is 1. The lowest BCUT2D eigenvalue weighted by Crippen LogP contribution is -2.50. The molecule has 1 aliphatic heterocycles. The van der Waals surface area contributed by atoms with E-state index in [-0.39, 0.29) is 11.8 Å². The van der Waals surface area contributed by atoms with E-state index >= 15 is 0 Å². The average Bonchev–Trinajstić information content (AvgIpc) is 2.64. The van der Waals surface area contributed by atoms with E-state index in [1.807, 2.05) is 4.90 Å². The molecule has 0 aromatic heterocycles. The molecule has 1 aliphatic rings. The van der Waals surface area contributed by atoms with Crippen molar-refractivity contribution in [3.05, 3.63) is 59.2 Å². The number of aryl methyl sites for hydroxylation is 2. The minimum absolute atomic E-state index is 0.0188. The third kappa shape index (κ3) is 4.04. The van der Waals surface area contributed by atoms with Crippen molar-refractivity contribution in [1.29, 1.82) is 0 Å². The molecule has 2 aromatic carbocycles. The number of ketones is 1. The molecule has 1 saturated heterocycles. The fourth-order valence-electron chi connectivity index (χ4n) is 3.08. The van der Waals surface area contributed by atoms with Crippen LogP contribution in [-0.4, -0.2) is 42.9 Å². The lowest BCUT2D eigenvalue weighted by molar-refractivity contribution is 0.101. The molecule has 5 nitrogen and oxygen atoms in total. The van der Waals surface area contributed by atoms with Crippen LogP contribution in [0.15, 0.2) is 42.5 Å². The van der Waals surface area contributed by atoms with Crippen LogP contribution in [0.2, 0.25) is 0 Å². The number of nitrogens with zero attached hydrogens (tertiary/aromatic N) is 2. The summed E-state index contributed by atoms with van der Waals surface area (Å²) in [7, 11) is 0. The van der Waals surface area contributed by atoms with Crippen LogP contribution >= 0.6 is 0 Å². The van der Waals surface area contributed by atoms with Crippen LogP contribution in [0.4, 0.5) is 16.2 Å². The molecule has 136 valence electrons. The number of amides is 2. The maximum Gasteiger partial charge on any atom is 0.321 e. The van der Waals surface area contributed by atoms with Gasteiger partial charge in [0.2, 0.25) is 0 Å². The summed E-state index contributed by atoms with van der Waals surface area (Å²) in [6, 6.07) is 13.4. The van der Waals surface area contributed by atoms with E-state index in [9.17, 15) is 9.59 Å². The number of urea groups is 1. The van der Waals surface area contributed by atoms with E-state index in [2.05, 4.69) is 42.3 Å².